The molecule has 0 spiro atoms. The van der Waals surface area contributed by atoms with Gasteiger partial charge in [0.05, 0.1) is 37.6 Å². The summed E-state index contributed by atoms with van der Waals surface area (Å²) < 4.78 is 5.42. The van der Waals surface area contributed by atoms with E-state index in [1.54, 1.807) is 0 Å². The monoisotopic (exact) mass is 479 g/mol. The molecule has 0 saturated carbocycles. The maximum Gasteiger partial charge on any atom is 0.243 e. The van der Waals surface area contributed by atoms with E-state index in [-0.39, 0.29) is 24.1 Å². The number of ether oxygens (including phenoxy) is 1. The van der Waals surface area contributed by atoms with Crippen molar-refractivity contribution in [3.8, 4) is 0 Å². The predicted octanol–water partition coefficient (Wildman–Crippen LogP) is 2.93. The highest BCUT2D eigenvalue weighted by Gasteiger charge is 2.16. The van der Waals surface area contributed by atoms with Gasteiger partial charge in [-0.25, -0.2) is 9.97 Å². The number of morpholine rings is 1. The molecule has 8 nitrogen and oxygen atoms in total. The summed E-state index contributed by atoms with van der Waals surface area (Å²) in [7, 11) is 0. The lowest BCUT2D eigenvalue weighted by atomic mass is 10.1. The molecule has 1 aliphatic rings. The van der Waals surface area contributed by atoms with Crippen molar-refractivity contribution in [2.45, 2.75) is 25.4 Å². The number of carbonyl (C=O) groups excluding carboxylic acids is 2. The van der Waals surface area contributed by atoms with E-state index < -0.39 is 0 Å². The molecule has 0 atom stereocenters. The minimum Gasteiger partial charge on any atom is -0.379 e. The second kappa shape index (κ2) is 11.4. The number of nitrogens with one attached hydrogen (secondary N) is 2. The summed E-state index contributed by atoms with van der Waals surface area (Å²) in [6.07, 6.45) is 0. The minimum atomic E-state index is -0.254. The normalized spacial score (nSPS) is 14.2. The van der Waals surface area contributed by atoms with Gasteiger partial charge < -0.3 is 15.4 Å². The van der Waals surface area contributed by atoms with Crippen LogP contribution < -0.4 is 10.6 Å². The van der Waals surface area contributed by atoms with Crippen LogP contribution in [0.25, 0.3) is 10.9 Å². The molecule has 4 rings (SSSR count). The molecular weight excluding hydrogens is 450 g/mol. The number of anilines is 1. The van der Waals surface area contributed by atoms with Crippen LogP contribution in [0.15, 0.2) is 47.5 Å². The molecule has 0 unspecified atom stereocenters. The Balaban J connectivity index is 1.35. The first-order valence-corrected chi connectivity index (χ1v) is 12.3. The van der Waals surface area contributed by atoms with Crippen molar-refractivity contribution in [2.75, 3.05) is 43.9 Å². The van der Waals surface area contributed by atoms with Crippen molar-refractivity contribution in [3.05, 3.63) is 59.4 Å². The molecule has 0 aliphatic carbocycles. The summed E-state index contributed by atoms with van der Waals surface area (Å²) in [5.74, 6) is 0.417. The Labute approximate surface area is 203 Å². The third-order valence-electron chi connectivity index (χ3n) is 5.61. The van der Waals surface area contributed by atoms with Gasteiger partial charge in [-0.05, 0) is 31.0 Å². The number of rotatable bonds is 8. The van der Waals surface area contributed by atoms with Crippen molar-refractivity contribution >= 4 is 40.2 Å². The van der Waals surface area contributed by atoms with E-state index in [4.69, 9.17) is 14.7 Å². The molecular formula is C25H29N5O3S. The summed E-state index contributed by atoms with van der Waals surface area (Å²) in [6, 6.07) is 13.6. The maximum atomic E-state index is 12.5. The van der Waals surface area contributed by atoms with E-state index in [9.17, 15) is 9.59 Å². The second-order valence-electron chi connectivity index (χ2n) is 8.23. The highest BCUT2D eigenvalue weighted by Crippen LogP contribution is 2.25. The number of hydrogen-bond donors (Lipinski definition) is 2. The van der Waals surface area contributed by atoms with E-state index in [1.165, 1.54) is 11.8 Å². The molecule has 9 heteroatoms. The largest absolute Gasteiger partial charge is 0.379 e. The number of fused-ring (bicyclic) bond motifs is 1. The molecule has 1 saturated heterocycles. The van der Waals surface area contributed by atoms with E-state index in [0.29, 0.717) is 19.8 Å². The van der Waals surface area contributed by atoms with E-state index in [2.05, 4.69) is 15.5 Å². The van der Waals surface area contributed by atoms with E-state index in [0.717, 1.165) is 51.7 Å². The van der Waals surface area contributed by atoms with Crippen LogP contribution in [-0.4, -0.2) is 65.3 Å². The Morgan fingerprint density at radius 1 is 1.00 bits per heavy atom. The average molecular weight is 480 g/mol. The molecule has 3 aromatic rings. The first-order valence-electron chi connectivity index (χ1n) is 11.3. The lowest BCUT2D eigenvalue weighted by Gasteiger charge is -2.25. The fourth-order valence-electron chi connectivity index (χ4n) is 3.79. The van der Waals surface area contributed by atoms with Crippen LogP contribution in [0, 0.1) is 13.8 Å². The van der Waals surface area contributed by atoms with Crippen LogP contribution in [0.3, 0.4) is 0 Å². The average Bonchev–Trinajstić information content (AvgIpc) is 2.84. The zero-order valence-corrected chi connectivity index (χ0v) is 20.3. The van der Waals surface area contributed by atoms with Gasteiger partial charge in [-0.15, -0.1) is 0 Å². The van der Waals surface area contributed by atoms with Crippen molar-refractivity contribution in [1.29, 1.82) is 0 Å². The molecule has 1 fully saturated rings. The van der Waals surface area contributed by atoms with Crippen molar-refractivity contribution in [2.24, 2.45) is 0 Å². The summed E-state index contributed by atoms with van der Waals surface area (Å²) >= 11 is 1.36. The molecule has 2 amide bonds. The molecule has 2 heterocycles. The maximum absolute atomic E-state index is 12.5. The number of aromatic nitrogens is 2. The quantitative estimate of drug-likeness (QED) is 0.379. The topological polar surface area (TPSA) is 96.5 Å². The van der Waals surface area contributed by atoms with Crippen LogP contribution in [0.2, 0.25) is 0 Å². The summed E-state index contributed by atoms with van der Waals surface area (Å²) in [4.78, 5) is 36.5. The van der Waals surface area contributed by atoms with Crippen LogP contribution >= 0.6 is 11.8 Å². The minimum absolute atomic E-state index is 0.0834. The molecule has 0 radical (unpaired) electrons. The van der Waals surface area contributed by atoms with Crippen molar-refractivity contribution in [1.82, 2.24) is 20.2 Å². The highest BCUT2D eigenvalue weighted by atomic mass is 32.2. The lowest BCUT2D eigenvalue weighted by Crippen LogP contribution is -2.36. The molecule has 2 N–H and O–H groups in total. The molecule has 1 aromatic heterocycles. The zero-order chi connectivity index (χ0) is 23.9. The number of aryl methyl sites for hydroxylation is 2. The van der Waals surface area contributed by atoms with Crippen LogP contribution in [0.5, 0.6) is 0 Å². The van der Waals surface area contributed by atoms with Gasteiger partial charge in [-0.2, -0.15) is 0 Å². The van der Waals surface area contributed by atoms with Crippen molar-refractivity contribution < 1.29 is 14.3 Å². The van der Waals surface area contributed by atoms with E-state index in [1.807, 2.05) is 56.3 Å². The standard InChI is InChI=1S/C25H29N5O3S/c1-17-6-5-7-18(2)24(17)29-22(31)14-26-23(32)16-34-25-19-8-3-4-9-20(19)27-21(28-25)15-30-10-12-33-13-11-30/h3-9H,10-16H2,1-2H3,(H,26,32)(H,29,31). The van der Waals surface area contributed by atoms with Crippen LogP contribution in [-0.2, 0) is 20.9 Å². The molecule has 2 aromatic carbocycles. The van der Waals surface area contributed by atoms with Gasteiger partial charge in [0.2, 0.25) is 11.8 Å². The number of amides is 2. The smallest absolute Gasteiger partial charge is 0.243 e. The SMILES string of the molecule is Cc1cccc(C)c1NC(=O)CNC(=O)CSc1nc(CN2CCOCC2)nc2ccccc12. The highest BCUT2D eigenvalue weighted by molar-refractivity contribution is 8.00. The fourth-order valence-corrected chi connectivity index (χ4v) is 4.66. The summed E-state index contributed by atoms with van der Waals surface area (Å²) in [6.45, 7) is 7.58. The van der Waals surface area contributed by atoms with Gasteiger partial charge in [0.1, 0.15) is 10.9 Å². The Morgan fingerprint density at radius 2 is 1.74 bits per heavy atom. The first-order chi connectivity index (χ1) is 16.5. The molecule has 1 aliphatic heterocycles. The van der Waals surface area contributed by atoms with E-state index >= 15 is 0 Å². The number of hydrogen-bond acceptors (Lipinski definition) is 7. The first kappa shape index (κ1) is 24.1. The Morgan fingerprint density at radius 3 is 2.50 bits per heavy atom. The third-order valence-corrected chi connectivity index (χ3v) is 6.61. The van der Waals surface area contributed by atoms with Gasteiger partial charge in [-0.3, -0.25) is 14.5 Å². The fraction of sp³-hybridized carbons (Fsp3) is 0.360. The van der Waals surface area contributed by atoms with Gasteiger partial charge in [0, 0.05) is 24.2 Å². The van der Waals surface area contributed by atoms with Gasteiger partial charge in [-0.1, -0.05) is 48.2 Å². The van der Waals surface area contributed by atoms with Crippen LogP contribution in [0.4, 0.5) is 5.69 Å². The van der Waals surface area contributed by atoms with Gasteiger partial charge in [0.15, 0.2) is 0 Å². The number of thioether (sulfide) groups is 1. The summed E-state index contributed by atoms with van der Waals surface area (Å²) in [5.41, 5.74) is 3.62. The predicted molar refractivity (Wildman–Crippen MR) is 134 cm³/mol. The summed E-state index contributed by atoms with van der Waals surface area (Å²) in [5, 5.41) is 7.27. The van der Waals surface area contributed by atoms with Crippen LogP contribution in [0.1, 0.15) is 17.0 Å². The third kappa shape index (κ3) is 6.31. The number of para-hydroxylation sites is 2. The Hall–Kier alpha value is -3.01. The Kier molecular flexibility index (Phi) is 8.10. The molecule has 0 bridgehead atoms. The van der Waals surface area contributed by atoms with Gasteiger partial charge in [0.25, 0.3) is 0 Å². The zero-order valence-electron chi connectivity index (χ0n) is 19.5. The van der Waals surface area contributed by atoms with Gasteiger partial charge >= 0.3 is 0 Å². The lowest BCUT2D eigenvalue weighted by molar-refractivity contribution is -0.122. The molecule has 178 valence electrons. The number of nitrogens with zero attached hydrogens (tertiary/aromatic N) is 3. The second-order valence-corrected chi connectivity index (χ2v) is 9.20. The molecule has 34 heavy (non-hydrogen) atoms. The number of benzene rings is 2. The number of carbonyl (C=O) groups is 2. The Bertz CT molecular complexity index is 1160. The van der Waals surface area contributed by atoms with Crippen molar-refractivity contribution in [3.63, 3.8) is 0 Å².